The van der Waals surface area contributed by atoms with Gasteiger partial charge in [0, 0.05) is 6.04 Å². The maximum atomic E-state index is 5.79. The van der Waals surface area contributed by atoms with Crippen LogP contribution in [0, 0.1) is 5.92 Å². The highest BCUT2D eigenvalue weighted by Gasteiger charge is 2.20. The Hall–Kier alpha value is -1.06. The van der Waals surface area contributed by atoms with Gasteiger partial charge in [0.15, 0.2) is 0 Å². The molecule has 1 aromatic carbocycles. The minimum atomic E-state index is 0.206. The molecule has 0 radical (unpaired) electrons. The standard InChI is InChI=1S/C16H28N2O/c1-4-7-9-13(5-2)16(18-17)14-10-8-11-15(12-14)19-6-3/h8,10-13,16,18H,4-7,9,17H2,1-3H3. The first-order valence-electron chi connectivity index (χ1n) is 7.45. The molecule has 0 heterocycles. The second kappa shape index (κ2) is 8.94. The molecule has 0 aliphatic heterocycles. The van der Waals surface area contributed by atoms with Gasteiger partial charge in [-0.3, -0.25) is 11.3 Å². The van der Waals surface area contributed by atoms with Gasteiger partial charge >= 0.3 is 0 Å². The highest BCUT2D eigenvalue weighted by atomic mass is 16.5. The fraction of sp³-hybridized carbons (Fsp3) is 0.625. The van der Waals surface area contributed by atoms with Crippen molar-refractivity contribution in [2.45, 2.75) is 52.5 Å². The lowest BCUT2D eigenvalue weighted by atomic mass is 9.87. The van der Waals surface area contributed by atoms with Crippen LogP contribution in [-0.4, -0.2) is 6.61 Å². The zero-order valence-electron chi connectivity index (χ0n) is 12.5. The summed E-state index contributed by atoms with van der Waals surface area (Å²) in [5.74, 6) is 7.28. The highest BCUT2D eigenvalue weighted by molar-refractivity contribution is 5.31. The van der Waals surface area contributed by atoms with Crippen LogP contribution >= 0.6 is 0 Å². The fourth-order valence-corrected chi connectivity index (χ4v) is 2.54. The van der Waals surface area contributed by atoms with Gasteiger partial charge < -0.3 is 4.74 Å². The lowest BCUT2D eigenvalue weighted by molar-refractivity contribution is 0.320. The first kappa shape index (κ1) is 16.0. The maximum Gasteiger partial charge on any atom is 0.119 e. The van der Waals surface area contributed by atoms with Gasteiger partial charge in [0.2, 0.25) is 0 Å². The Labute approximate surface area is 117 Å². The van der Waals surface area contributed by atoms with Crippen molar-refractivity contribution in [3.8, 4) is 5.75 Å². The van der Waals surface area contributed by atoms with Crippen molar-refractivity contribution < 1.29 is 4.74 Å². The molecule has 0 spiro atoms. The summed E-state index contributed by atoms with van der Waals surface area (Å²) in [7, 11) is 0. The van der Waals surface area contributed by atoms with E-state index in [0.29, 0.717) is 12.5 Å². The third-order valence-corrected chi connectivity index (χ3v) is 3.63. The molecule has 0 amide bonds. The molecule has 1 rings (SSSR count). The summed E-state index contributed by atoms with van der Waals surface area (Å²) in [4.78, 5) is 0. The van der Waals surface area contributed by atoms with Crippen LogP contribution < -0.4 is 16.0 Å². The number of nitrogens with two attached hydrogens (primary N) is 1. The Kier molecular flexibility index (Phi) is 7.53. The summed E-state index contributed by atoms with van der Waals surface area (Å²) in [6.45, 7) is 7.16. The Bertz CT molecular complexity index is 354. The molecule has 108 valence electrons. The minimum Gasteiger partial charge on any atom is -0.494 e. The van der Waals surface area contributed by atoms with Crippen molar-refractivity contribution in [2.24, 2.45) is 11.8 Å². The number of hydrogen-bond acceptors (Lipinski definition) is 3. The van der Waals surface area contributed by atoms with Crippen LogP contribution in [0.3, 0.4) is 0 Å². The van der Waals surface area contributed by atoms with E-state index in [4.69, 9.17) is 10.6 Å². The Morgan fingerprint density at radius 2 is 2.05 bits per heavy atom. The summed E-state index contributed by atoms with van der Waals surface area (Å²) < 4.78 is 5.57. The van der Waals surface area contributed by atoms with Gasteiger partial charge in [-0.15, -0.1) is 0 Å². The van der Waals surface area contributed by atoms with E-state index in [0.717, 1.165) is 12.2 Å². The summed E-state index contributed by atoms with van der Waals surface area (Å²) in [6, 6.07) is 8.46. The molecule has 0 fully saturated rings. The zero-order chi connectivity index (χ0) is 14.1. The molecular weight excluding hydrogens is 236 g/mol. The Morgan fingerprint density at radius 3 is 2.63 bits per heavy atom. The molecule has 19 heavy (non-hydrogen) atoms. The van der Waals surface area contributed by atoms with Crippen LogP contribution in [0.15, 0.2) is 24.3 Å². The third kappa shape index (κ3) is 4.84. The molecular formula is C16H28N2O. The number of ether oxygens (including phenoxy) is 1. The summed E-state index contributed by atoms with van der Waals surface area (Å²) >= 11 is 0. The lowest BCUT2D eigenvalue weighted by Crippen LogP contribution is -2.33. The second-order valence-electron chi connectivity index (χ2n) is 4.96. The van der Waals surface area contributed by atoms with Gasteiger partial charge in [-0.2, -0.15) is 0 Å². The number of unbranched alkanes of at least 4 members (excludes halogenated alkanes) is 1. The predicted octanol–water partition coefficient (Wildman–Crippen LogP) is 3.81. The predicted molar refractivity (Wildman–Crippen MR) is 81.0 cm³/mol. The molecule has 3 N–H and O–H groups in total. The molecule has 0 aromatic heterocycles. The van der Waals surface area contributed by atoms with E-state index in [1.54, 1.807) is 0 Å². The van der Waals surface area contributed by atoms with Gasteiger partial charge in [0.1, 0.15) is 5.75 Å². The van der Waals surface area contributed by atoms with Crippen LogP contribution in [0.1, 0.15) is 58.1 Å². The SMILES string of the molecule is CCCCC(CC)C(NN)c1cccc(OCC)c1. The van der Waals surface area contributed by atoms with Gasteiger partial charge in [0.05, 0.1) is 6.61 Å². The monoisotopic (exact) mass is 264 g/mol. The molecule has 0 aliphatic carbocycles. The topological polar surface area (TPSA) is 47.3 Å². The van der Waals surface area contributed by atoms with Crippen molar-refractivity contribution >= 4 is 0 Å². The zero-order valence-corrected chi connectivity index (χ0v) is 12.5. The van der Waals surface area contributed by atoms with Crippen molar-refractivity contribution in [1.82, 2.24) is 5.43 Å². The minimum absolute atomic E-state index is 0.206. The first-order chi connectivity index (χ1) is 9.26. The van der Waals surface area contributed by atoms with Crippen molar-refractivity contribution in [2.75, 3.05) is 6.61 Å². The molecule has 3 heteroatoms. The molecule has 0 saturated heterocycles. The largest absolute Gasteiger partial charge is 0.494 e. The van der Waals surface area contributed by atoms with Crippen molar-refractivity contribution in [3.63, 3.8) is 0 Å². The number of nitrogens with one attached hydrogen (secondary N) is 1. The summed E-state index contributed by atoms with van der Waals surface area (Å²) in [5.41, 5.74) is 4.21. The van der Waals surface area contributed by atoms with Crippen molar-refractivity contribution in [3.05, 3.63) is 29.8 Å². The molecule has 0 bridgehead atoms. The van der Waals surface area contributed by atoms with E-state index in [1.807, 2.05) is 19.1 Å². The molecule has 1 aromatic rings. The second-order valence-corrected chi connectivity index (χ2v) is 4.96. The normalized spacial score (nSPS) is 14.1. The summed E-state index contributed by atoms with van der Waals surface area (Å²) in [6.07, 6.45) is 4.82. The van der Waals surface area contributed by atoms with Gasteiger partial charge in [-0.25, -0.2) is 0 Å². The summed E-state index contributed by atoms with van der Waals surface area (Å²) in [5, 5.41) is 0. The van der Waals surface area contributed by atoms with Gasteiger partial charge in [0.25, 0.3) is 0 Å². The fourth-order valence-electron chi connectivity index (χ4n) is 2.54. The number of hydrogen-bond donors (Lipinski definition) is 2. The van der Waals surface area contributed by atoms with E-state index in [2.05, 4.69) is 31.4 Å². The average Bonchev–Trinajstić information content (AvgIpc) is 2.44. The van der Waals surface area contributed by atoms with Gasteiger partial charge in [-0.05, 0) is 37.0 Å². The van der Waals surface area contributed by atoms with Crippen LogP contribution in [0.5, 0.6) is 5.75 Å². The quantitative estimate of drug-likeness (QED) is 0.527. The van der Waals surface area contributed by atoms with E-state index in [9.17, 15) is 0 Å². The lowest BCUT2D eigenvalue weighted by Gasteiger charge is -2.26. The Morgan fingerprint density at radius 1 is 1.26 bits per heavy atom. The number of hydrazine groups is 1. The van der Waals surface area contributed by atoms with Crippen LogP contribution in [0.2, 0.25) is 0 Å². The Balaban J connectivity index is 2.84. The highest BCUT2D eigenvalue weighted by Crippen LogP contribution is 2.30. The van der Waals surface area contributed by atoms with Crippen LogP contribution in [0.25, 0.3) is 0 Å². The van der Waals surface area contributed by atoms with E-state index < -0.39 is 0 Å². The molecule has 2 atom stereocenters. The van der Waals surface area contributed by atoms with Crippen LogP contribution in [-0.2, 0) is 0 Å². The molecule has 0 aliphatic rings. The van der Waals surface area contributed by atoms with E-state index in [1.165, 1.54) is 24.8 Å². The molecule has 3 nitrogen and oxygen atoms in total. The first-order valence-corrected chi connectivity index (χ1v) is 7.45. The third-order valence-electron chi connectivity index (χ3n) is 3.63. The molecule has 2 unspecified atom stereocenters. The van der Waals surface area contributed by atoms with Gasteiger partial charge in [-0.1, -0.05) is 45.2 Å². The molecule has 0 saturated carbocycles. The maximum absolute atomic E-state index is 5.79. The van der Waals surface area contributed by atoms with E-state index >= 15 is 0 Å². The number of benzene rings is 1. The smallest absolute Gasteiger partial charge is 0.119 e. The average molecular weight is 264 g/mol. The van der Waals surface area contributed by atoms with E-state index in [-0.39, 0.29) is 6.04 Å². The number of rotatable bonds is 9. The van der Waals surface area contributed by atoms with Crippen LogP contribution in [0.4, 0.5) is 0 Å². The van der Waals surface area contributed by atoms with Crippen molar-refractivity contribution in [1.29, 1.82) is 0 Å².